The number of benzene rings is 1. The second kappa shape index (κ2) is 14.3. The summed E-state index contributed by atoms with van der Waals surface area (Å²) in [4.78, 5) is 0. The molecule has 0 aliphatic heterocycles. The fraction of sp³-hybridized carbons (Fsp3) is 0.619. The van der Waals surface area contributed by atoms with Gasteiger partial charge in [-0.15, -0.1) is 0 Å². The van der Waals surface area contributed by atoms with Crippen molar-refractivity contribution in [3.8, 4) is 0 Å². The lowest BCUT2D eigenvalue weighted by Gasteiger charge is -2.17. The van der Waals surface area contributed by atoms with Crippen LogP contribution in [0.4, 0.5) is 0 Å². The fourth-order valence-electron chi connectivity index (χ4n) is 2.49. The summed E-state index contributed by atoms with van der Waals surface area (Å²) in [7, 11) is -3.04. The fourth-order valence-corrected chi connectivity index (χ4v) is 3.95. The van der Waals surface area contributed by atoms with Crippen LogP contribution in [0, 0.1) is 0 Å². The molecule has 0 aliphatic rings. The van der Waals surface area contributed by atoms with Crippen molar-refractivity contribution in [3.05, 3.63) is 42.0 Å². The molecule has 142 valence electrons. The van der Waals surface area contributed by atoms with Gasteiger partial charge in [-0.2, -0.15) is 0 Å². The van der Waals surface area contributed by atoms with E-state index < -0.39 is 7.60 Å². The topological polar surface area (TPSA) is 35.5 Å². The Morgan fingerprint density at radius 2 is 1.40 bits per heavy atom. The molecule has 1 rings (SSSR count). The van der Waals surface area contributed by atoms with Crippen molar-refractivity contribution >= 4 is 13.7 Å². The monoisotopic (exact) mass is 366 g/mol. The van der Waals surface area contributed by atoms with Crippen molar-refractivity contribution in [1.82, 2.24) is 0 Å². The Hall–Kier alpha value is -0.890. The Bertz CT molecular complexity index is 481. The zero-order valence-corrected chi connectivity index (χ0v) is 16.9. The molecule has 1 aromatic rings. The zero-order chi connectivity index (χ0) is 18.2. The van der Waals surface area contributed by atoms with Crippen LogP contribution in [0.1, 0.15) is 70.8 Å². The maximum atomic E-state index is 13.0. The van der Waals surface area contributed by atoms with Crippen LogP contribution in [0.3, 0.4) is 0 Å². The first kappa shape index (κ1) is 22.2. The van der Waals surface area contributed by atoms with Crippen LogP contribution in [0.15, 0.2) is 36.4 Å². The molecule has 0 aliphatic carbocycles. The van der Waals surface area contributed by atoms with E-state index in [1.165, 1.54) is 25.7 Å². The van der Waals surface area contributed by atoms with Crippen LogP contribution < -0.4 is 0 Å². The summed E-state index contributed by atoms with van der Waals surface area (Å²) in [5, 5.41) is 0. The number of unbranched alkanes of at least 4 members (excludes halogenated alkanes) is 6. The second-order valence-electron chi connectivity index (χ2n) is 6.39. The highest BCUT2D eigenvalue weighted by Crippen LogP contribution is 2.48. The standard InChI is InChI=1S/C21H35O3P/c1-3-5-7-12-18-23-25(22,24-19-13-8-6-4-2)20-14-17-21-15-10-9-11-16-21/h9-11,14-17H,3-8,12-13,18-20H2,1-2H3. The first-order valence-corrected chi connectivity index (χ1v) is 11.5. The predicted octanol–water partition coefficient (Wildman–Crippen LogP) is 7.09. The highest BCUT2D eigenvalue weighted by Gasteiger charge is 2.22. The third-order valence-electron chi connectivity index (χ3n) is 4.01. The third kappa shape index (κ3) is 11.4. The Balaban J connectivity index is 2.47. The summed E-state index contributed by atoms with van der Waals surface area (Å²) < 4.78 is 24.4. The van der Waals surface area contributed by atoms with Gasteiger partial charge in [-0.25, -0.2) is 0 Å². The van der Waals surface area contributed by atoms with Crippen LogP contribution in [-0.4, -0.2) is 19.4 Å². The van der Waals surface area contributed by atoms with E-state index in [-0.39, 0.29) is 0 Å². The third-order valence-corrected chi connectivity index (χ3v) is 5.82. The molecule has 1 aromatic carbocycles. The van der Waals surface area contributed by atoms with Gasteiger partial charge in [-0.1, -0.05) is 94.9 Å². The smallest absolute Gasteiger partial charge is 0.308 e. The van der Waals surface area contributed by atoms with Crippen LogP contribution in [-0.2, 0) is 13.6 Å². The lowest BCUT2D eigenvalue weighted by atomic mass is 10.2. The highest BCUT2D eigenvalue weighted by atomic mass is 31.2. The lowest BCUT2D eigenvalue weighted by Crippen LogP contribution is -2.02. The zero-order valence-electron chi connectivity index (χ0n) is 16.0. The van der Waals surface area contributed by atoms with Gasteiger partial charge in [0.2, 0.25) is 0 Å². The Kier molecular flexibility index (Phi) is 12.7. The summed E-state index contributed by atoms with van der Waals surface area (Å²) >= 11 is 0. The van der Waals surface area contributed by atoms with Gasteiger partial charge >= 0.3 is 7.60 Å². The molecule has 0 aromatic heterocycles. The molecule has 0 N–H and O–H groups in total. The van der Waals surface area contributed by atoms with E-state index in [2.05, 4.69) is 13.8 Å². The van der Waals surface area contributed by atoms with Crippen LogP contribution >= 0.6 is 7.60 Å². The van der Waals surface area contributed by atoms with Crippen molar-refractivity contribution in [1.29, 1.82) is 0 Å². The van der Waals surface area contributed by atoms with Crippen molar-refractivity contribution in [2.24, 2.45) is 0 Å². The molecular formula is C21H35O3P. The van der Waals surface area contributed by atoms with Gasteiger partial charge in [-0.3, -0.25) is 4.57 Å². The Morgan fingerprint density at radius 1 is 0.840 bits per heavy atom. The summed E-state index contributed by atoms with van der Waals surface area (Å²) in [6.07, 6.45) is 13.1. The van der Waals surface area contributed by atoms with Gasteiger partial charge in [0, 0.05) is 0 Å². The summed E-state index contributed by atoms with van der Waals surface area (Å²) in [6, 6.07) is 10.0. The van der Waals surface area contributed by atoms with Crippen molar-refractivity contribution in [3.63, 3.8) is 0 Å². The first-order valence-electron chi connectivity index (χ1n) is 9.80. The van der Waals surface area contributed by atoms with E-state index in [1.54, 1.807) is 0 Å². The van der Waals surface area contributed by atoms with Crippen molar-refractivity contribution < 1.29 is 13.6 Å². The van der Waals surface area contributed by atoms with Crippen LogP contribution in [0.25, 0.3) is 6.08 Å². The molecule has 0 saturated carbocycles. The molecular weight excluding hydrogens is 331 g/mol. The largest absolute Gasteiger partial charge is 0.334 e. The molecule has 0 heterocycles. The van der Waals surface area contributed by atoms with Gasteiger partial charge in [0.05, 0.1) is 19.4 Å². The average molecular weight is 366 g/mol. The van der Waals surface area contributed by atoms with Gasteiger partial charge in [-0.05, 0) is 18.4 Å². The van der Waals surface area contributed by atoms with Crippen molar-refractivity contribution in [2.45, 2.75) is 65.2 Å². The quantitative estimate of drug-likeness (QED) is 0.245. The summed E-state index contributed by atoms with van der Waals surface area (Å²) in [6.45, 7) is 5.40. The molecule has 0 saturated heterocycles. The number of hydrogen-bond donors (Lipinski definition) is 0. The van der Waals surface area contributed by atoms with E-state index in [4.69, 9.17) is 9.05 Å². The van der Waals surface area contributed by atoms with Crippen LogP contribution in [0.5, 0.6) is 0 Å². The average Bonchev–Trinajstić information content (AvgIpc) is 2.62. The Labute approximate surface area is 154 Å². The maximum Gasteiger partial charge on any atom is 0.334 e. The van der Waals surface area contributed by atoms with Crippen molar-refractivity contribution in [2.75, 3.05) is 19.4 Å². The number of hydrogen-bond acceptors (Lipinski definition) is 3. The Morgan fingerprint density at radius 3 is 1.92 bits per heavy atom. The lowest BCUT2D eigenvalue weighted by molar-refractivity contribution is 0.200. The normalized spacial score (nSPS) is 12.1. The number of allylic oxidation sites excluding steroid dienone is 1. The minimum atomic E-state index is -3.04. The van der Waals surface area contributed by atoms with E-state index in [0.717, 1.165) is 31.2 Å². The molecule has 0 radical (unpaired) electrons. The molecule has 0 bridgehead atoms. The van der Waals surface area contributed by atoms with Gasteiger partial charge in [0.15, 0.2) is 0 Å². The summed E-state index contributed by atoms with van der Waals surface area (Å²) in [5.74, 6) is 0. The van der Waals surface area contributed by atoms with E-state index >= 15 is 0 Å². The second-order valence-corrected chi connectivity index (χ2v) is 8.50. The van der Waals surface area contributed by atoms with Gasteiger partial charge in [0.25, 0.3) is 0 Å². The first-order chi connectivity index (χ1) is 12.2. The summed E-state index contributed by atoms with van der Waals surface area (Å²) in [5.41, 5.74) is 1.10. The molecule has 0 spiro atoms. The van der Waals surface area contributed by atoms with Gasteiger partial charge in [0.1, 0.15) is 0 Å². The minimum Gasteiger partial charge on any atom is -0.308 e. The van der Waals surface area contributed by atoms with E-state index in [0.29, 0.717) is 19.4 Å². The predicted molar refractivity (Wildman–Crippen MR) is 108 cm³/mol. The van der Waals surface area contributed by atoms with E-state index in [1.807, 2.05) is 42.5 Å². The van der Waals surface area contributed by atoms with Gasteiger partial charge < -0.3 is 9.05 Å². The SMILES string of the molecule is CCCCCCOP(=O)(CC=Cc1ccccc1)OCCCCCC. The highest BCUT2D eigenvalue weighted by molar-refractivity contribution is 7.54. The maximum absolute atomic E-state index is 13.0. The molecule has 0 amide bonds. The minimum absolute atomic E-state index is 0.337. The molecule has 4 heteroatoms. The molecule has 25 heavy (non-hydrogen) atoms. The molecule has 0 atom stereocenters. The molecule has 3 nitrogen and oxygen atoms in total. The number of rotatable bonds is 15. The molecule has 0 unspecified atom stereocenters. The van der Waals surface area contributed by atoms with Crippen LogP contribution in [0.2, 0.25) is 0 Å². The van der Waals surface area contributed by atoms with E-state index in [9.17, 15) is 4.57 Å². The molecule has 0 fully saturated rings.